The second kappa shape index (κ2) is 3.61. The van der Waals surface area contributed by atoms with Gasteiger partial charge in [0.15, 0.2) is 0 Å². The Hall–Kier alpha value is -0.280. The van der Waals surface area contributed by atoms with E-state index in [9.17, 15) is 5.11 Å². The Morgan fingerprint density at radius 1 is 1.25 bits per heavy atom. The van der Waals surface area contributed by atoms with Gasteiger partial charge in [-0.25, -0.2) is 0 Å². The van der Waals surface area contributed by atoms with E-state index < -0.39 is 0 Å². The molecule has 3 atom stereocenters. The zero-order valence-electron chi connectivity index (χ0n) is 8.71. The highest BCUT2D eigenvalue weighted by atomic mass is 35.5. The number of rotatable bonds is 2. The number of aliphatic hydroxyl groups is 1. The first kappa shape index (κ1) is 10.8. The summed E-state index contributed by atoms with van der Waals surface area (Å²) in [6.45, 7) is 2.18. The van der Waals surface area contributed by atoms with E-state index in [1.165, 1.54) is 0 Å². The lowest BCUT2D eigenvalue weighted by molar-refractivity contribution is 0.232. The third kappa shape index (κ3) is 1.28. The maximum Gasteiger partial charge on any atom is 0.0595 e. The first-order valence-corrected chi connectivity index (χ1v) is 6.23. The molecule has 1 aromatic carbocycles. The van der Waals surface area contributed by atoms with Gasteiger partial charge in [0.25, 0.3) is 0 Å². The number of benzene rings is 1. The Balaban J connectivity index is 2.00. The van der Waals surface area contributed by atoms with E-state index in [0.717, 1.165) is 18.7 Å². The van der Waals surface area contributed by atoms with Crippen molar-refractivity contribution in [3.63, 3.8) is 0 Å². The van der Waals surface area contributed by atoms with E-state index in [1.54, 1.807) is 0 Å². The molecule has 0 aromatic heterocycles. The van der Waals surface area contributed by atoms with Crippen molar-refractivity contribution >= 4 is 23.2 Å². The van der Waals surface area contributed by atoms with E-state index in [2.05, 4.69) is 5.32 Å². The van der Waals surface area contributed by atoms with Crippen molar-refractivity contribution in [3.05, 3.63) is 33.8 Å². The molecular weight excluding hydrogens is 245 g/mol. The largest absolute Gasteiger partial charge is 0.395 e. The highest BCUT2D eigenvalue weighted by Crippen LogP contribution is 2.61. The number of fused-ring (bicyclic) bond motifs is 1. The van der Waals surface area contributed by atoms with Crippen molar-refractivity contribution < 1.29 is 5.11 Å². The average Bonchev–Trinajstić information content (AvgIpc) is 2.68. The first-order valence-electron chi connectivity index (χ1n) is 5.47. The average molecular weight is 258 g/mol. The number of hydrogen-bond acceptors (Lipinski definition) is 2. The lowest BCUT2D eigenvalue weighted by Gasteiger charge is -2.19. The van der Waals surface area contributed by atoms with Gasteiger partial charge >= 0.3 is 0 Å². The Morgan fingerprint density at radius 3 is 2.50 bits per heavy atom. The molecule has 16 heavy (non-hydrogen) atoms. The van der Waals surface area contributed by atoms with Crippen LogP contribution in [0.5, 0.6) is 0 Å². The molecule has 2 nitrogen and oxygen atoms in total. The van der Waals surface area contributed by atoms with E-state index >= 15 is 0 Å². The predicted octanol–water partition coefficient (Wildman–Crippen LogP) is 2.07. The zero-order chi connectivity index (χ0) is 11.3. The molecule has 2 fully saturated rings. The third-order valence-corrected chi connectivity index (χ3v) is 4.89. The maximum atomic E-state index is 9.67. The van der Waals surface area contributed by atoms with Crippen LogP contribution in [0.25, 0.3) is 0 Å². The first-order chi connectivity index (χ1) is 7.70. The van der Waals surface area contributed by atoms with Crippen molar-refractivity contribution in [2.45, 2.75) is 5.41 Å². The standard InChI is InChI=1S/C12H13Cl2NO/c13-10-2-1-7(3-11(10)14)12(6-16)8-4-15-5-9(8)12/h1-3,8-9,15-16H,4-6H2/t8-,9+,12+. The summed E-state index contributed by atoms with van der Waals surface area (Å²) in [5.41, 5.74) is 1.06. The molecule has 0 amide bonds. The lowest BCUT2D eigenvalue weighted by Crippen LogP contribution is -2.28. The number of aliphatic hydroxyl groups excluding tert-OH is 1. The molecule has 2 aliphatic rings. The number of hydrogen-bond donors (Lipinski definition) is 2. The van der Waals surface area contributed by atoms with Gasteiger partial charge in [-0.2, -0.15) is 0 Å². The summed E-state index contributed by atoms with van der Waals surface area (Å²) < 4.78 is 0. The topological polar surface area (TPSA) is 32.3 Å². The van der Waals surface area contributed by atoms with Gasteiger partial charge in [0.2, 0.25) is 0 Å². The maximum absolute atomic E-state index is 9.67. The molecule has 2 N–H and O–H groups in total. The summed E-state index contributed by atoms with van der Waals surface area (Å²) in [6, 6.07) is 5.71. The van der Waals surface area contributed by atoms with E-state index in [0.29, 0.717) is 21.9 Å². The molecule has 1 saturated heterocycles. The fourth-order valence-corrected chi connectivity index (χ4v) is 3.49. The van der Waals surface area contributed by atoms with Crippen LogP contribution in [0.3, 0.4) is 0 Å². The summed E-state index contributed by atoms with van der Waals surface area (Å²) in [6.07, 6.45) is 0. The molecule has 1 heterocycles. The summed E-state index contributed by atoms with van der Waals surface area (Å²) in [5.74, 6) is 1.10. The van der Waals surface area contributed by atoms with Crippen LogP contribution >= 0.6 is 23.2 Å². The summed E-state index contributed by atoms with van der Waals surface area (Å²) in [4.78, 5) is 0. The van der Waals surface area contributed by atoms with Gasteiger partial charge < -0.3 is 10.4 Å². The Labute approximate surface area is 105 Å². The van der Waals surface area contributed by atoms with Crippen LogP contribution in [0.1, 0.15) is 5.56 Å². The van der Waals surface area contributed by atoms with Gasteiger partial charge in [-0.3, -0.25) is 0 Å². The van der Waals surface area contributed by atoms with Crippen molar-refractivity contribution in [1.82, 2.24) is 5.32 Å². The molecule has 0 unspecified atom stereocenters. The highest BCUT2D eigenvalue weighted by molar-refractivity contribution is 6.42. The predicted molar refractivity (Wildman–Crippen MR) is 65.1 cm³/mol. The Kier molecular flexibility index (Phi) is 2.44. The smallest absolute Gasteiger partial charge is 0.0595 e. The summed E-state index contributed by atoms with van der Waals surface area (Å²) in [7, 11) is 0. The molecule has 0 radical (unpaired) electrons. The van der Waals surface area contributed by atoms with Crippen LogP contribution in [0.2, 0.25) is 10.0 Å². The van der Waals surface area contributed by atoms with Crippen LogP contribution < -0.4 is 5.32 Å². The minimum Gasteiger partial charge on any atom is -0.395 e. The molecule has 1 aliphatic heterocycles. The van der Waals surface area contributed by atoms with Gasteiger partial charge in [-0.1, -0.05) is 29.3 Å². The van der Waals surface area contributed by atoms with Gasteiger partial charge in [0.05, 0.1) is 16.7 Å². The van der Waals surface area contributed by atoms with Gasteiger partial charge in [-0.05, 0) is 42.6 Å². The van der Waals surface area contributed by atoms with Crippen molar-refractivity contribution in [2.75, 3.05) is 19.7 Å². The SMILES string of the molecule is OC[C@]1(c2ccc(Cl)c(Cl)c2)[C@@H]2CNC[C@@H]21. The second-order valence-electron chi connectivity index (χ2n) is 4.70. The number of nitrogens with one attached hydrogen (secondary N) is 1. The fourth-order valence-electron chi connectivity index (χ4n) is 3.19. The van der Waals surface area contributed by atoms with Crippen LogP contribution in [0.15, 0.2) is 18.2 Å². The van der Waals surface area contributed by atoms with Crippen LogP contribution in [0.4, 0.5) is 0 Å². The molecule has 3 rings (SSSR count). The molecule has 1 aromatic rings. The number of piperidine rings is 1. The zero-order valence-corrected chi connectivity index (χ0v) is 10.2. The second-order valence-corrected chi connectivity index (χ2v) is 5.51. The molecule has 4 heteroatoms. The van der Waals surface area contributed by atoms with E-state index in [1.807, 2.05) is 18.2 Å². The third-order valence-electron chi connectivity index (χ3n) is 4.15. The van der Waals surface area contributed by atoms with Gasteiger partial charge in [0, 0.05) is 5.41 Å². The molecule has 1 saturated carbocycles. The lowest BCUT2D eigenvalue weighted by atomic mass is 9.91. The molecule has 1 aliphatic carbocycles. The Bertz CT molecular complexity index is 425. The van der Waals surface area contributed by atoms with Crippen LogP contribution in [-0.4, -0.2) is 24.8 Å². The van der Waals surface area contributed by atoms with Crippen molar-refractivity contribution in [3.8, 4) is 0 Å². The minimum atomic E-state index is -0.0700. The number of halogens is 2. The quantitative estimate of drug-likeness (QED) is 0.851. The van der Waals surface area contributed by atoms with Gasteiger partial charge in [-0.15, -0.1) is 0 Å². The highest BCUT2D eigenvalue weighted by Gasteiger charge is 2.66. The molecule has 0 spiro atoms. The molecule has 0 bridgehead atoms. The molecule has 86 valence electrons. The normalized spacial score (nSPS) is 36.2. The van der Waals surface area contributed by atoms with E-state index in [4.69, 9.17) is 23.2 Å². The van der Waals surface area contributed by atoms with Gasteiger partial charge in [0.1, 0.15) is 0 Å². The minimum absolute atomic E-state index is 0.0700. The fraction of sp³-hybridized carbons (Fsp3) is 0.500. The van der Waals surface area contributed by atoms with Crippen molar-refractivity contribution in [2.24, 2.45) is 11.8 Å². The van der Waals surface area contributed by atoms with Crippen LogP contribution in [0, 0.1) is 11.8 Å². The summed E-state index contributed by atoms with van der Waals surface area (Å²) in [5, 5.41) is 14.2. The van der Waals surface area contributed by atoms with Crippen LogP contribution in [-0.2, 0) is 5.41 Å². The molecular formula is C12H13Cl2NO. The van der Waals surface area contributed by atoms with E-state index in [-0.39, 0.29) is 12.0 Å². The summed E-state index contributed by atoms with van der Waals surface area (Å²) >= 11 is 11.9. The van der Waals surface area contributed by atoms with Crippen molar-refractivity contribution in [1.29, 1.82) is 0 Å². The Morgan fingerprint density at radius 2 is 1.94 bits per heavy atom. The monoisotopic (exact) mass is 257 g/mol.